The molecule has 4 heteroatoms. The highest BCUT2D eigenvalue weighted by Gasteiger charge is 2.38. The molecule has 3 N–H and O–H groups in total. The zero-order chi connectivity index (χ0) is 10.2. The van der Waals surface area contributed by atoms with Crippen LogP contribution in [0.3, 0.4) is 0 Å². The number of carbonyl (C=O) groups excluding carboxylic acids is 1. The molecule has 1 aliphatic carbocycles. The highest BCUT2D eigenvalue weighted by molar-refractivity contribution is 5.95. The number of aromatic nitrogens is 1. The van der Waals surface area contributed by atoms with E-state index in [1.807, 2.05) is 6.92 Å². The molecule has 74 valence electrons. The number of pyridine rings is 1. The van der Waals surface area contributed by atoms with Gasteiger partial charge in [-0.25, -0.2) is 4.98 Å². The van der Waals surface area contributed by atoms with E-state index in [4.69, 9.17) is 5.73 Å². The molecule has 0 bridgehead atoms. The Hall–Kier alpha value is -1.58. The number of hydrogen-bond donors (Lipinski definition) is 2. The van der Waals surface area contributed by atoms with E-state index in [1.54, 1.807) is 18.3 Å². The molecule has 0 aromatic carbocycles. The van der Waals surface area contributed by atoms with Crippen molar-refractivity contribution in [3.63, 3.8) is 0 Å². The first kappa shape index (κ1) is 8.99. The number of nitrogens with two attached hydrogens (primary N) is 1. The van der Waals surface area contributed by atoms with Gasteiger partial charge in [-0.05, 0) is 31.9 Å². The molecule has 4 nitrogen and oxygen atoms in total. The van der Waals surface area contributed by atoms with Gasteiger partial charge in [0.05, 0.1) is 0 Å². The monoisotopic (exact) mass is 191 g/mol. The second kappa shape index (κ2) is 2.97. The van der Waals surface area contributed by atoms with Gasteiger partial charge in [0.25, 0.3) is 5.91 Å². The minimum Gasteiger partial charge on any atom is -0.384 e. The third-order valence-electron chi connectivity index (χ3n) is 2.46. The van der Waals surface area contributed by atoms with Gasteiger partial charge in [0.15, 0.2) is 0 Å². The van der Waals surface area contributed by atoms with Crippen LogP contribution in [0.1, 0.15) is 30.1 Å². The minimum absolute atomic E-state index is 0.00904. The summed E-state index contributed by atoms with van der Waals surface area (Å²) >= 11 is 0. The largest absolute Gasteiger partial charge is 0.384 e. The molecule has 1 amide bonds. The first-order valence-corrected chi connectivity index (χ1v) is 4.63. The lowest BCUT2D eigenvalue weighted by molar-refractivity contribution is 0.0935. The van der Waals surface area contributed by atoms with E-state index in [0.29, 0.717) is 11.4 Å². The van der Waals surface area contributed by atoms with Crippen LogP contribution in [-0.4, -0.2) is 16.4 Å². The Morgan fingerprint density at radius 2 is 2.36 bits per heavy atom. The summed E-state index contributed by atoms with van der Waals surface area (Å²) in [6, 6.07) is 3.25. The average molecular weight is 191 g/mol. The summed E-state index contributed by atoms with van der Waals surface area (Å²) in [5.41, 5.74) is 6.07. The molecule has 0 unspecified atom stereocenters. The van der Waals surface area contributed by atoms with Crippen molar-refractivity contribution in [1.82, 2.24) is 10.3 Å². The molecule has 0 aliphatic heterocycles. The first-order valence-electron chi connectivity index (χ1n) is 4.63. The standard InChI is InChI=1S/C10H13N3O/c1-10(3-4-10)13-9(14)7-2-5-12-8(11)6-7/h2,5-6H,3-4H2,1H3,(H2,11,12)(H,13,14). The summed E-state index contributed by atoms with van der Waals surface area (Å²) in [5, 5.41) is 2.95. The molecular formula is C10H13N3O. The molecule has 1 fully saturated rings. The second-order valence-corrected chi connectivity index (χ2v) is 3.98. The fourth-order valence-corrected chi connectivity index (χ4v) is 1.25. The van der Waals surface area contributed by atoms with E-state index in [1.165, 1.54) is 0 Å². The molecular weight excluding hydrogens is 178 g/mol. The fourth-order valence-electron chi connectivity index (χ4n) is 1.25. The Morgan fingerprint density at radius 3 is 2.93 bits per heavy atom. The smallest absolute Gasteiger partial charge is 0.251 e. The molecule has 1 aliphatic rings. The van der Waals surface area contributed by atoms with E-state index >= 15 is 0 Å². The third-order valence-corrected chi connectivity index (χ3v) is 2.46. The topological polar surface area (TPSA) is 68.0 Å². The average Bonchev–Trinajstić information content (AvgIpc) is 2.83. The van der Waals surface area contributed by atoms with Gasteiger partial charge in [-0.2, -0.15) is 0 Å². The van der Waals surface area contributed by atoms with Crippen LogP contribution < -0.4 is 11.1 Å². The maximum atomic E-state index is 11.7. The lowest BCUT2D eigenvalue weighted by atomic mass is 10.2. The summed E-state index contributed by atoms with van der Waals surface area (Å²) in [6.07, 6.45) is 3.65. The Bertz CT molecular complexity index is 371. The van der Waals surface area contributed by atoms with Crippen LogP contribution in [0, 0.1) is 0 Å². The number of nitrogens with one attached hydrogen (secondary N) is 1. The number of anilines is 1. The quantitative estimate of drug-likeness (QED) is 0.731. The normalized spacial score (nSPS) is 17.5. The molecule has 0 spiro atoms. The van der Waals surface area contributed by atoms with Crippen LogP contribution in [0.15, 0.2) is 18.3 Å². The Morgan fingerprint density at radius 1 is 1.64 bits per heavy atom. The summed E-state index contributed by atoms with van der Waals surface area (Å²) in [5.74, 6) is 0.303. The first-order chi connectivity index (χ1) is 6.59. The Balaban J connectivity index is 2.11. The van der Waals surface area contributed by atoms with Gasteiger partial charge >= 0.3 is 0 Å². The minimum atomic E-state index is -0.0703. The van der Waals surface area contributed by atoms with Crippen LogP contribution in [0.4, 0.5) is 5.82 Å². The maximum Gasteiger partial charge on any atom is 0.251 e. The van der Waals surface area contributed by atoms with Crippen molar-refractivity contribution in [1.29, 1.82) is 0 Å². The van der Waals surface area contributed by atoms with E-state index in [2.05, 4.69) is 10.3 Å². The van der Waals surface area contributed by atoms with Crippen molar-refractivity contribution in [2.45, 2.75) is 25.3 Å². The number of carbonyl (C=O) groups is 1. The Kier molecular flexibility index (Phi) is 1.91. The molecule has 14 heavy (non-hydrogen) atoms. The number of amides is 1. The van der Waals surface area contributed by atoms with Crippen LogP contribution in [-0.2, 0) is 0 Å². The fraction of sp³-hybridized carbons (Fsp3) is 0.400. The highest BCUT2D eigenvalue weighted by Crippen LogP contribution is 2.34. The van der Waals surface area contributed by atoms with E-state index in [-0.39, 0.29) is 11.4 Å². The van der Waals surface area contributed by atoms with Crippen molar-refractivity contribution in [2.75, 3.05) is 5.73 Å². The molecule has 1 aromatic rings. The third kappa shape index (κ3) is 1.84. The van der Waals surface area contributed by atoms with E-state index in [0.717, 1.165) is 12.8 Å². The summed E-state index contributed by atoms with van der Waals surface area (Å²) in [7, 11) is 0. The SMILES string of the molecule is CC1(NC(=O)c2ccnc(N)c2)CC1. The van der Waals surface area contributed by atoms with Crippen LogP contribution in [0.2, 0.25) is 0 Å². The van der Waals surface area contributed by atoms with Crippen LogP contribution >= 0.6 is 0 Å². The van der Waals surface area contributed by atoms with Crippen LogP contribution in [0.25, 0.3) is 0 Å². The van der Waals surface area contributed by atoms with Crippen molar-refractivity contribution < 1.29 is 4.79 Å². The number of nitrogen functional groups attached to an aromatic ring is 1. The molecule has 1 aromatic heterocycles. The van der Waals surface area contributed by atoms with E-state index in [9.17, 15) is 4.79 Å². The van der Waals surface area contributed by atoms with Gasteiger partial charge in [-0.1, -0.05) is 0 Å². The molecule has 2 rings (SSSR count). The predicted molar refractivity (Wildman–Crippen MR) is 53.8 cm³/mol. The van der Waals surface area contributed by atoms with E-state index < -0.39 is 0 Å². The van der Waals surface area contributed by atoms with Crippen molar-refractivity contribution in [3.05, 3.63) is 23.9 Å². The number of nitrogens with zero attached hydrogens (tertiary/aromatic N) is 1. The van der Waals surface area contributed by atoms with Crippen molar-refractivity contribution >= 4 is 11.7 Å². The number of rotatable bonds is 2. The molecule has 0 radical (unpaired) electrons. The lowest BCUT2D eigenvalue weighted by Gasteiger charge is -2.11. The van der Waals surface area contributed by atoms with Crippen molar-refractivity contribution in [2.24, 2.45) is 0 Å². The van der Waals surface area contributed by atoms with Gasteiger partial charge in [-0.3, -0.25) is 4.79 Å². The zero-order valence-corrected chi connectivity index (χ0v) is 8.08. The van der Waals surface area contributed by atoms with Crippen LogP contribution in [0.5, 0.6) is 0 Å². The predicted octanol–water partition coefficient (Wildman–Crippen LogP) is 0.946. The molecule has 0 atom stereocenters. The van der Waals surface area contributed by atoms with Gasteiger partial charge < -0.3 is 11.1 Å². The lowest BCUT2D eigenvalue weighted by Crippen LogP contribution is -2.34. The maximum absolute atomic E-state index is 11.7. The summed E-state index contributed by atoms with van der Waals surface area (Å²) < 4.78 is 0. The van der Waals surface area contributed by atoms with Gasteiger partial charge in [0.1, 0.15) is 5.82 Å². The Labute approximate surface area is 82.5 Å². The molecule has 1 saturated carbocycles. The summed E-state index contributed by atoms with van der Waals surface area (Å²) in [6.45, 7) is 2.04. The van der Waals surface area contributed by atoms with Gasteiger partial charge in [-0.15, -0.1) is 0 Å². The number of hydrogen-bond acceptors (Lipinski definition) is 3. The highest BCUT2D eigenvalue weighted by atomic mass is 16.1. The van der Waals surface area contributed by atoms with Gasteiger partial charge in [0, 0.05) is 17.3 Å². The summed E-state index contributed by atoms with van der Waals surface area (Å²) in [4.78, 5) is 15.5. The second-order valence-electron chi connectivity index (χ2n) is 3.98. The van der Waals surface area contributed by atoms with Crippen molar-refractivity contribution in [3.8, 4) is 0 Å². The zero-order valence-electron chi connectivity index (χ0n) is 8.08. The molecule has 1 heterocycles. The van der Waals surface area contributed by atoms with Gasteiger partial charge in [0.2, 0.25) is 0 Å². The molecule has 0 saturated heterocycles.